The zero-order chi connectivity index (χ0) is 20.5. The van der Waals surface area contributed by atoms with Crippen LogP contribution in [0.25, 0.3) is 0 Å². The molecule has 0 aromatic heterocycles. The fourth-order valence-corrected chi connectivity index (χ4v) is 4.46. The minimum atomic E-state index is -3.57. The normalized spacial score (nSPS) is 15.4. The third-order valence-corrected chi connectivity index (χ3v) is 6.66. The van der Waals surface area contributed by atoms with Crippen LogP contribution in [0, 0.1) is 0 Å². The van der Waals surface area contributed by atoms with Crippen LogP contribution in [0.1, 0.15) is 43.5 Å². The molecule has 0 fully saturated rings. The van der Waals surface area contributed by atoms with Crippen molar-refractivity contribution in [2.75, 3.05) is 27.2 Å². The standard InChI is InChI=1S/C22H30N2O3S/c1-22(2,3)18-7-9-19(10-8-18)28(25,26)23-15-20(24(4)5)16-6-11-21-17(14-16)12-13-27-21/h6-11,14,20,23H,12-13,15H2,1-5H3. The molecule has 1 aliphatic heterocycles. The third kappa shape index (κ3) is 4.57. The molecule has 2 aromatic carbocycles. The highest BCUT2D eigenvalue weighted by molar-refractivity contribution is 7.89. The van der Waals surface area contributed by atoms with E-state index in [1.165, 1.54) is 5.56 Å². The highest BCUT2D eigenvalue weighted by Gasteiger charge is 2.22. The lowest BCUT2D eigenvalue weighted by Crippen LogP contribution is -2.34. The third-order valence-electron chi connectivity index (χ3n) is 5.22. The maximum absolute atomic E-state index is 12.8. The molecule has 0 bridgehead atoms. The Labute approximate surface area is 168 Å². The van der Waals surface area contributed by atoms with Gasteiger partial charge in [0, 0.05) is 19.0 Å². The van der Waals surface area contributed by atoms with Crippen molar-refractivity contribution in [1.29, 1.82) is 0 Å². The number of fused-ring (bicyclic) bond motifs is 1. The van der Waals surface area contributed by atoms with Gasteiger partial charge in [-0.15, -0.1) is 0 Å². The summed E-state index contributed by atoms with van der Waals surface area (Å²) in [6.07, 6.45) is 0.898. The summed E-state index contributed by atoms with van der Waals surface area (Å²) >= 11 is 0. The van der Waals surface area contributed by atoms with E-state index >= 15 is 0 Å². The number of nitrogens with one attached hydrogen (secondary N) is 1. The average Bonchev–Trinajstić information content (AvgIpc) is 3.09. The van der Waals surface area contributed by atoms with Gasteiger partial charge in [0.05, 0.1) is 11.5 Å². The summed E-state index contributed by atoms with van der Waals surface area (Å²) in [4.78, 5) is 2.32. The summed E-state index contributed by atoms with van der Waals surface area (Å²) < 4.78 is 33.9. The molecule has 3 rings (SSSR count). The van der Waals surface area contributed by atoms with Crippen LogP contribution in [0.3, 0.4) is 0 Å². The average molecular weight is 403 g/mol. The number of hydrogen-bond donors (Lipinski definition) is 1. The van der Waals surface area contributed by atoms with Gasteiger partial charge in [-0.1, -0.05) is 45.0 Å². The van der Waals surface area contributed by atoms with Gasteiger partial charge in [-0.05, 0) is 54.4 Å². The molecular weight excluding hydrogens is 372 g/mol. The van der Waals surface area contributed by atoms with Crippen LogP contribution in [0.15, 0.2) is 47.4 Å². The number of ether oxygens (including phenoxy) is 1. The topological polar surface area (TPSA) is 58.6 Å². The fraction of sp³-hybridized carbons (Fsp3) is 0.455. The SMILES string of the molecule is CN(C)C(CNS(=O)(=O)c1ccc(C(C)(C)C)cc1)c1ccc2c(c1)CCO2. The van der Waals surface area contributed by atoms with Crippen molar-refractivity contribution < 1.29 is 13.2 Å². The van der Waals surface area contributed by atoms with Gasteiger partial charge in [0.1, 0.15) is 5.75 Å². The molecule has 1 aliphatic rings. The Morgan fingerprint density at radius 2 is 1.79 bits per heavy atom. The lowest BCUT2D eigenvalue weighted by Gasteiger charge is -2.25. The smallest absolute Gasteiger partial charge is 0.240 e. The summed E-state index contributed by atoms with van der Waals surface area (Å²) in [5.41, 5.74) is 3.37. The summed E-state index contributed by atoms with van der Waals surface area (Å²) in [7, 11) is 0.346. The van der Waals surface area contributed by atoms with Crippen molar-refractivity contribution in [3.05, 3.63) is 59.2 Å². The van der Waals surface area contributed by atoms with Gasteiger partial charge in [-0.25, -0.2) is 13.1 Å². The molecule has 1 N–H and O–H groups in total. The molecule has 1 unspecified atom stereocenters. The van der Waals surface area contributed by atoms with Crippen molar-refractivity contribution in [1.82, 2.24) is 9.62 Å². The van der Waals surface area contributed by atoms with E-state index in [2.05, 4.69) is 31.6 Å². The van der Waals surface area contributed by atoms with E-state index in [4.69, 9.17) is 4.74 Å². The van der Waals surface area contributed by atoms with E-state index in [-0.39, 0.29) is 11.5 Å². The van der Waals surface area contributed by atoms with E-state index in [1.54, 1.807) is 12.1 Å². The van der Waals surface area contributed by atoms with Gasteiger partial charge >= 0.3 is 0 Å². The first-order chi connectivity index (χ1) is 13.1. The summed E-state index contributed by atoms with van der Waals surface area (Å²) in [6, 6.07) is 13.2. The summed E-state index contributed by atoms with van der Waals surface area (Å²) in [6.45, 7) is 7.34. The molecule has 5 nitrogen and oxygen atoms in total. The fourth-order valence-electron chi connectivity index (χ4n) is 3.42. The second-order valence-electron chi connectivity index (χ2n) is 8.57. The van der Waals surface area contributed by atoms with Gasteiger partial charge in [-0.3, -0.25) is 0 Å². The first-order valence-corrected chi connectivity index (χ1v) is 11.1. The summed E-state index contributed by atoms with van der Waals surface area (Å²) in [5.74, 6) is 0.931. The van der Waals surface area contributed by atoms with Gasteiger partial charge in [-0.2, -0.15) is 0 Å². The number of rotatable bonds is 6. The van der Waals surface area contributed by atoms with Crippen LogP contribution in [-0.4, -0.2) is 40.6 Å². The Bertz CT molecular complexity index is 929. The molecular formula is C22H30N2O3S. The number of likely N-dealkylation sites (N-methyl/N-ethyl adjacent to an activating group) is 1. The van der Waals surface area contributed by atoms with Crippen molar-refractivity contribution in [3.8, 4) is 5.75 Å². The van der Waals surface area contributed by atoms with Gasteiger partial charge in [0.15, 0.2) is 0 Å². The Balaban J connectivity index is 1.76. The minimum Gasteiger partial charge on any atom is -0.493 e. The zero-order valence-electron chi connectivity index (χ0n) is 17.3. The monoisotopic (exact) mass is 402 g/mol. The molecule has 0 saturated carbocycles. The van der Waals surface area contributed by atoms with Crippen LogP contribution >= 0.6 is 0 Å². The molecule has 1 heterocycles. The highest BCUT2D eigenvalue weighted by Crippen LogP contribution is 2.29. The Morgan fingerprint density at radius 1 is 1.11 bits per heavy atom. The largest absolute Gasteiger partial charge is 0.493 e. The van der Waals surface area contributed by atoms with Gasteiger partial charge < -0.3 is 9.64 Å². The lowest BCUT2D eigenvalue weighted by atomic mass is 9.87. The van der Waals surface area contributed by atoms with E-state index < -0.39 is 10.0 Å². The predicted molar refractivity (Wildman–Crippen MR) is 112 cm³/mol. The maximum Gasteiger partial charge on any atom is 0.240 e. The second-order valence-corrected chi connectivity index (χ2v) is 10.3. The number of sulfonamides is 1. The van der Waals surface area contributed by atoms with Gasteiger partial charge in [0.2, 0.25) is 10.0 Å². The van der Waals surface area contributed by atoms with E-state index in [1.807, 2.05) is 43.3 Å². The lowest BCUT2D eigenvalue weighted by molar-refractivity contribution is 0.299. The molecule has 0 amide bonds. The quantitative estimate of drug-likeness (QED) is 0.803. The Hall–Kier alpha value is -1.89. The second kappa shape index (κ2) is 7.85. The molecule has 6 heteroatoms. The molecule has 0 saturated heterocycles. The molecule has 28 heavy (non-hydrogen) atoms. The van der Waals surface area contributed by atoms with Crippen molar-refractivity contribution >= 4 is 10.0 Å². The van der Waals surface area contributed by atoms with Gasteiger partial charge in [0.25, 0.3) is 0 Å². The maximum atomic E-state index is 12.8. The molecule has 2 aromatic rings. The molecule has 0 radical (unpaired) electrons. The van der Waals surface area contributed by atoms with Crippen molar-refractivity contribution in [2.45, 2.75) is 43.5 Å². The van der Waals surface area contributed by atoms with Crippen LogP contribution in [0.5, 0.6) is 5.75 Å². The zero-order valence-corrected chi connectivity index (χ0v) is 18.1. The van der Waals surface area contributed by atoms with Crippen molar-refractivity contribution in [2.24, 2.45) is 0 Å². The molecule has 152 valence electrons. The number of benzene rings is 2. The van der Waals surface area contributed by atoms with E-state index in [0.29, 0.717) is 18.0 Å². The minimum absolute atomic E-state index is 0.0109. The van der Waals surface area contributed by atoms with E-state index in [0.717, 1.165) is 23.3 Å². The molecule has 0 aliphatic carbocycles. The van der Waals surface area contributed by atoms with Crippen LogP contribution in [-0.2, 0) is 21.9 Å². The van der Waals surface area contributed by atoms with Crippen molar-refractivity contribution in [3.63, 3.8) is 0 Å². The number of hydrogen-bond acceptors (Lipinski definition) is 4. The summed E-state index contributed by atoms with van der Waals surface area (Å²) in [5, 5.41) is 0. The molecule has 0 spiro atoms. The van der Waals surface area contributed by atoms with Crippen LogP contribution in [0.4, 0.5) is 0 Å². The van der Waals surface area contributed by atoms with Crippen LogP contribution < -0.4 is 9.46 Å². The van der Waals surface area contributed by atoms with E-state index in [9.17, 15) is 8.42 Å². The van der Waals surface area contributed by atoms with Crippen LogP contribution in [0.2, 0.25) is 0 Å². The number of nitrogens with zero attached hydrogens (tertiary/aromatic N) is 1. The first kappa shape index (κ1) is 20.8. The molecule has 1 atom stereocenters. The first-order valence-electron chi connectivity index (χ1n) is 9.60. The highest BCUT2D eigenvalue weighted by atomic mass is 32.2. The predicted octanol–water partition coefficient (Wildman–Crippen LogP) is 3.50. The Kier molecular flexibility index (Phi) is 5.84. The Morgan fingerprint density at radius 3 is 2.39 bits per heavy atom.